The van der Waals surface area contributed by atoms with E-state index in [9.17, 15) is 13.2 Å². The zero-order valence-corrected chi connectivity index (χ0v) is 12.7. The SMILES string of the molecule is [C-]#[N+]C12[C@H](OC(C)=O)[C@@H](C)COS(=O)(=O)N1[C@@H]2C(C)C. The van der Waals surface area contributed by atoms with Gasteiger partial charge in [0, 0.05) is 12.8 Å². The largest absolute Gasteiger partial charge is 0.452 e. The molecular weight excluding hydrogens is 284 g/mol. The summed E-state index contributed by atoms with van der Waals surface area (Å²) in [5, 5.41) is 0. The highest BCUT2D eigenvalue weighted by Gasteiger charge is 2.84. The Labute approximate surface area is 118 Å². The van der Waals surface area contributed by atoms with Crippen LogP contribution in [-0.4, -0.2) is 43.1 Å². The zero-order valence-electron chi connectivity index (χ0n) is 11.9. The van der Waals surface area contributed by atoms with E-state index in [1.54, 1.807) is 6.92 Å². The molecule has 2 saturated heterocycles. The molecule has 2 fully saturated rings. The molecule has 0 aliphatic carbocycles. The van der Waals surface area contributed by atoms with Crippen molar-refractivity contribution < 1.29 is 22.1 Å². The number of fused-ring (bicyclic) bond motifs is 1. The summed E-state index contributed by atoms with van der Waals surface area (Å²) in [7, 11) is -3.96. The van der Waals surface area contributed by atoms with Crippen LogP contribution in [-0.2, 0) is 24.0 Å². The molecule has 2 aliphatic rings. The van der Waals surface area contributed by atoms with E-state index in [0.29, 0.717) is 0 Å². The van der Waals surface area contributed by atoms with Gasteiger partial charge in [0.05, 0.1) is 6.61 Å². The monoisotopic (exact) mass is 302 g/mol. The molecule has 112 valence electrons. The Morgan fingerprint density at radius 1 is 1.55 bits per heavy atom. The number of carbonyl (C=O) groups is 1. The molecule has 2 unspecified atom stereocenters. The molecule has 0 spiro atoms. The Morgan fingerprint density at radius 3 is 2.60 bits per heavy atom. The molecular formula is C12H18N2O5S. The summed E-state index contributed by atoms with van der Waals surface area (Å²) in [6.45, 7) is 14.0. The van der Waals surface area contributed by atoms with Gasteiger partial charge in [-0.3, -0.25) is 13.8 Å². The first kappa shape index (κ1) is 15.2. The third kappa shape index (κ3) is 2.01. The van der Waals surface area contributed by atoms with E-state index in [1.807, 2.05) is 13.8 Å². The fraction of sp³-hybridized carbons (Fsp3) is 0.833. The van der Waals surface area contributed by atoms with Gasteiger partial charge >= 0.3 is 21.9 Å². The van der Waals surface area contributed by atoms with Crippen LogP contribution in [0, 0.1) is 18.4 Å². The second-order valence-electron chi connectivity index (χ2n) is 5.63. The third-order valence-corrected chi connectivity index (χ3v) is 5.17. The summed E-state index contributed by atoms with van der Waals surface area (Å²) in [6.07, 6.45) is -0.817. The van der Waals surface area contributed by atoms with Crippen LogP contribution in [0.15, 0.2) is 0 Å². The Hall–Kier alpha value is -1.17. The smallest absolute Gasteiger partial charge is 0.357 e. The molecule has 8 heteroatoms. The minimum Gasteiger partial charge on any atom is -0.452 e. The van der Waals surface area contributed by atoms with Crippen molar-refractivity contribution in [1.29, 1.82) is 0 Å². The van der Waals surface area contributed by atoms with E-state index in [1.165, 1.54) is 6.92 Å². The lowest BCUT2D eigenvalue weighted by Gasteiger charge is -2.22. The topological polar surface area (TPSA) is 77.0 Å². The molecule has 0 aromatic carbocycles. The van der Waals surface area contributed by atoms with E-state index in [2.05, 4.69) is 4.85 Å². The van der Waals surface area contributed by atoms with Crippen LogP contribution in [0.3, 0.4) is 0 Å². The maximum absolute atomic E-state index is 12.1. The van der Waals surface area contributed by atoms with Crippen molar-refractivity contribution in [2.75, 3.05) is 6.61 Å². The first-order valence-electron chi connectivity index (χ1n) is 6.43. The minimum atomic E-state index is -3.96. The van der Waals surface area contributed by atoms with Crippen molar-refractivity contribution in [3.63, 3.8) is 0 Å². The van der Waals surface area contributed by atoms with E-state index in [0.717, 1.165) is 4.31 Å². The van der Waals surface area contributed by atoms with Gasteiger partial charge in [0.1, 0.15) is 6.04 Å². The lowest BCUT2D eigenvalue weighted by Crippen LogP contribution is -2.41. The number of rotatable bonds is 2. The Bertz CT molecular complexity index is 567. The van der Waals surface area contributed by atoms with Crippen molar-refractivity contribution in [1.82, 2.24) is 4.31 Å². The molecule has 0 aromatic heterocycles. The van der Waals surface area contributed by atoms with Gasteiger partial charge < -0.3 is 4.74 Å². The summed E-state index contributed by atoms with van der Waals surface area (Å²) < 4.78 is 35.5. The Kier molecular flexibility index (Phi) is 3.57. The average molecular weight is 302 g/mol. The standard InChI is InChI=1S/C12H18N2O5S/c1-7(2)10-12(13-5)11(19-9(4)15)8(3)6-18-20(16,17)14(10)12/h7-8,10-11H,6H2,1-4H3/t8-,10+,11+,12?,14?/m0/s1. The minimum absolute atomic E-state index is 0.0779. The highest BCUT2D eigenvalue weighted by Crippen LogP contribution is 2.55. The molecule has 0 N–H and O–H groups in total. The van der Waals surface area contributed by atoms with E-state index in [4.69, 9.17) is 15.5 Å². The molecule has 2 aliphatic heterocycles. The lowest BCUT2D eigenvalue weighted by atomic mass is 9.92. The van der Waals surface area contributed by atoms with Crippen LogP contribution >= 0.6 is 0 Å². The summed E-state index contributed by atoms with van der Waals surface area (Å²) in [4.78, 5) is 14.8. The normalized spacial score (nSPS) is 42.2. The van der Waals surface area contributed by atoms with Crippen LogP contribution < -0.4 is 0 Å². The molecule has 0 radical (unpaired) electrons. The van der Waals surface area contributed by atoms with Crippen LogP contribution in [0.5, 0.6) is 0 Å². The first-order chi connectivity index (χ1) is 9.18. The van der Waals surface area contributed by atoms with E-state index < -0.39 is 34.1 Å². The maximum Gasteiger partial charge on any atom is 0.357 e. The molecule has 20 heavy (non-hydrogen) atoms. The van der Waals surface area contributed by atoms with Crippen LogP contribution in [0.2, 0.25) is 0 Å². The van der Waals surface area contributed by atoms with Crippen LogP contribution in [0.4, 0.5) is 0 Å². The van der Waals surface area contributed by atoms with Crippen molar-refractivity contribution >= 4 is 16.3 Å². The Balaban J connectivity index is 2.52. The number of carbonyl (C=O) groups excluding carboxylic acids is 1. The quantitative estimate of drug-likeness (QED) is 0.428. The molecule has 0 bridgehead atoms. The molecule has 7 nitrogen and oxygen atoms in total. The van der Waals surface area contributed by atoms with Crippen molar-refractivity contribution in [2.45, 2.75) is 45.5 Å². The second-order valence-corrected chi connectivity index (χ2v) is 7.11. The fourth-order valence-corrected chi connectivity index (χ4v) is 4.72. The van der Waals surface area contributed by atoms with Crippen LogP contribution in [0.25, 0.3) is 4.85 Å². The molecule has 2 heterocycles. The van der Waals surface area contributed by atoms with Gasteiger partial charge in [-0.2, -0.15) is 8.42 Å². The average Bonchev–Trinajstić information content (AvgIpc) is 3.04. The summed E-state index contributed by atoms with van der Waals surface area (Å²) in [6, 6.07) is -0.530. The second kappa shape index (κ2) is 4.69. The van der Waals surface area contributed by atoms with E-state index in [-0.39, 0.29) is 18.4 Å². The number of ether oxygens (including phenoxy) is 1. The van der Waals surface area contributed by atoms with E-state index >= 15 is 0 Å². The number of hydrogen-bond donors (Lipinski definition) is 0. The van der Waals surface area contributed by atoms with Gasteiger partial charge in [-0.15, -0.1) is 0 Å². The van der Waals surface area contributed by atoms with Gasteiger partial charge in [-0.05, 0) is 5.92 Å². The van der Waals surface area contributed by atoms with Crippen molar-refractivity contribution in [2.24, 2.45) is 11.8 Å². The zero-order chi connectivity index (χ0) is 15.3. The molecule has 5 atom stereocenters. The highest BCUT2D eigenvalue weighted by molar-refractivity contribution is 7.84. The third-order valence-electron chi connectivity index (χ3n) is 3.73. The predicted molar refractivity (Wildman–Crippen MR) is 69.4 cm³/mol. The highest BCUT2D eigenvalue weighted by atomic mass is 32.2. The number of hydrogen-bond acceptors (Lipinski definition) is 5. The van der Waals surface area contributed by atoms with Gasteiger partial charge in [0.15, 0.2) is 0 Å². The predicted octanol–water partition coefficient (Wildman–Crippen LogP) is 0.785. The fourth-order valence-electron chi connectivity index (χ4n) is 2.98. The first-order valence-corrected chi connectivity index (χ1v) is 7.79. The summed E-state index contributed by atoms with van der Waals surface area (Å²) >= 11 is 0. The molecule has 2 rings (SSSR count). The molecule has 0 amide bonds. The molecule has 0 saturated carbocycles. The van der Waals surface area contributed by atoms with Gasteiger partial charge in [-0.1, -0.05) is 25.1 Å². The van der Waals surface area contributed by atoms with Gasteiger partial charge in [-0.25, -0.2) is 6.57 Å². The summed E-state index contributed by atoms with van der Waals surface area (Å²) in [5.74, 6) is -0.985. The van der Waals surface area contributed by atoms with Gasteiger partial charge in [0.2, 0.25) is 6.10 Å². The Morgan fingerprint density at radius 2 is 2.15 bits per heavy atom. The number of esters is 1. The van der Waals surface area contributed by atoms with Crippen molar-refractivity contribution in [3.05, 3.63) is 11.4 Å². The maximum atomic E-state index is 12.1. The van der Waals surface area contributed by atoms with Gasteiger partial charge in [0.25, 0.3) is 0 Å². The van der Waals surface area contributed by atoms with Crippen molar-refractivity contribution in [3.8, 4) is 0 Å². The summed E-state index contributed by atoms with van der Waals surface area (Å²) in [5.41, 5.74) is -1.37. The van der Waals surface area contributed by atoms with Crippen LogP contribution in [0.1, 0.15) is 27.7 Å². The lowest BCUT2D eigenvalue weighted by molar-refractivity contribution is -0.151. The molecule has 0 aromatic rings. The number of nitrogens with zero attached hydrogens (tertiary/aromatic N) is 2.